The second kappa shape index (κ2) is 9.66. The van der Waals surface area contributed by atoms with Crippen molar-refractivity contribution in [3.8, 4) is 5.69 Å². The summed E-state index contributed by atoms with van der Waals surface area (Å²) in [5, 5.41) is 17.1. The van der Waals surface area contributed by atoms with E-state index in [0.717, 1.165) is 41.5 Å². The summed E-state index contributed by atoms with van der Waals surface area (Å²) >= 11 is 0. The third kappa shape index (κ3) is 4.45. The highest BCUT2D eigenvalue weighted by atomic mass is 16.2. The first-order valence-electron chi connectivity index (χ1n) is 12.2. The fraction of sp³-hybridized carbons (Fsp3) is 0.138. The quantitative estimate of drug-likeness (QED) is 0.340. The van der Waals surface area contributed by atoms with Gasteiger partial charge in [0.25, 0.3) is 0 Å². The van der Waals surface area contributed by atoms with Gasteiger partial charge in [-0.3, -0.25) is 14.5 Å². The van der Waals surface area contributed by atoms with Crippen molar-refractivity contribution in [2.75, 3.05) is 10.2 Å². The number of amides is 2. The van der Waals surface area contributed by atoms with Crippen LogP contribution in [0.5, 0.6) is 0 Å². The Balaban J connectivity index is 1.28. The Morgan fingerprint density at radius 2 is 1.54 bits per heavy atom. The maximum atomic E-state index is 13.2. The molecule has 0 saturated carbocycles. The number of anilines is 3. The number of rotatable bonds is 6. The van der Waals surface area contributed by atoms with Gasteiger partial charge in [-0.2, -0.15) is 4.68 Å². The van der Waals surface area contributed by atoms with E-state index >= 15 is 0 Å². The van der Waals surface area contributed by atoms with Gasteiger partial charge in [0, 0.05) is 17.5 Å². The fourth-order valence-electron chi connectivity index (χ4n) is 4.80. The van der Waals surface area contributed by atoms with Gasteiger partial charge in [-0.05, 0) is 64.5 Å². The Morgan fingerprint density at radius 1 is 0.784 bits per heavy atom. The van der Waals surface area contributed by atoms with E-state index in [-0.39, 0.29) is 18.2 Å². The summed E-state index contributed by atoms with van der Waals surface area (Å²) in [4.78, 5) is 27.3. The highest BCUT2D eigenvalue weighted by Crippen LogP contribution is 2.40. The number of hydrogen-bond donors (Lipinski definition) is 1. The van der Waals surface area contributed by atoms with Crippen LogP contribution in [0.25, 0.3) is 16.5 Å². The van der Waals surface area contributed by atoms with Crippen LogP contribution in [0.15, 0.2) is 91.0 Å². The largest absolute Gasteiger partial charge is 0.323 e. The lowest BCUT2D eigenvalue weighted by atomic mass is 10.1. The first-order valence-corrected chi connectivity index (χ1v) is 12.2. The number of aryl methyl sites for hydroxylation is 2. The lowest BCUT2D eigenvalue weighted by molar-refractivity contribution is -0.124. The maximum absolute atomic E-state index is 13.2. The van der Waals surface area contributed by atoms with E-state index in [0.29, 0.717) is 17.1 Å². The lowest BCUT2D eigenvalue weighted by Gasteiger charge is -2.23. The van der Waals surface area contributed by atoms with Gasteiger partial charge in [0.05, 0.1) is 17.1 Å². The average molecular weight is 489 g/mol. The molecule has 0 atom stereocenters. The molecule has 0 bridgehead atoms. The Hall–Kier alpha value is -4.85. The standard InChI is InChI=1S/C29H24N6O2/c36-27-19-28(37)34(25-18-13-21-10-4-5-11-24(21)29(25)30-27)22-14-16-23(17-15-22)35-26(31-32-33-35)12-6-9-20-7-2-1-3-8-20/h1-5,7-8,10-11,13-18H,6,9,12,19H2,(H,30,36). The smallest absolute Gasteiger partial charge is 0.241 e. The molecule has 0 radical (unpaired) electrons. The maximum Gasteiger partial charge on any atom is 0.241 e. The highest BCUT2D eigenvalue weighted by molar-refractivity contribution is 6.21. The van der Waals surface area contributed by atoms with E-state index < -0.39 is 0 Å². The molecule has 2 amide bonds. The number of hydrogen-bond acceptors (Lipinski definition) is 5. The van der Waals surface area contributed by atoms with Crippen molar-refractivity contribution in [3.63, 3.8) is 0 Å². The second-order valence-electron chi connectivity index (χ2n) is 9.00. The molecule has 5 aromatic rings. The van der Waals surface area contributed by atoms with Gasteiger partial charge < -0.3 is 5.32 Å². The molecule has 2 heterocycles. The van der Waals surface area contributed by atoms with Gasteiger partial charge >= 0.3 is 0 Å². The Labute approximate surface area is 213 Å². The van der Waals surface area contributed by atoms with E-state index in [9.17, 15) is 9.59 Å². The summed E-state index contributed by atoms with van der Waals surface area (Å²) < 4.78 is 1.73. The first-order chi connectivity index (χ1) is 18.2. The molecule has 6 rings (SSSR count). The van der Waals surface area contributed by atoms with Crippen LogP contribution in [0.2, 0.25) is 0 Å². The van der Waals surface area contributed by atoms with Gasteiger partial charge in [-0.1, -0.05) is 60.7 Å². The first kappa shape index (κ1) is 22.6. The van der Waals surface area contributed by atoms with Crippen molar-refractivity contribution in [2.24, 2.45) is 0 Å². The molecule has 0 unspecified atom stereocenters. The molecule has 8 nitrogen and oxygen atoms in total. The molecule has 1 aromatic heterocycles. The summed E-state index contributed by atoms with van der Waals surface area (Å²) in [5.74, 6) is 0.167. The van der Waals surface area contributed by atoms with Crippen molar-refractivity contribution in [3.05, 3.63) is 102 Å². The van der Waals surface area contributed by atoms with Gasteiger partial charge in [0.15, 0.2) is 5.82 Å². The van der Waals surface area contributed by atoms with Crippen molar-refractivity contribution in [1.82, 2.24) is 20.2 Å². The molecular formula is C29H24N6O2. The summed E-state index contributed by atoms with van der Waals surface area (Å²) in [7, 11) is 0. The number of carbonyl (C=O) groups is 2. The highest BCUT2D eigenvalue weighted by Gasteiger charge is 2.28. The number of benzene rings is 4. The van der Waals surface area contributed by atoms with E-state index in [4.69, 9.17) is 0 Å². The third-order valence-electron chi connectivity index (χ3n) is 6.57. The molecular weight excluding hydrogens is 464 g/mol. The molecule has 4 aromatic carbocycles. The minimum absolute atomic E-state index is 0.233. The van der Waals surface area contributed by atoms with Gasteiger partial charge in [0.1, 0.15) is 6.42 Å². The van der Waals surface area contributed by atoms with Crippen LogP contribution in [0.4, 0.5) is 17.1 Å². The Kier molecular flexibility index (Phi) is 5.90. The molecule has 37 heavy (non-hydrogen) atoms. The van der Waals surface area contributed by atoms with Crippen molar-refractivity contribution < 1.29 is 9.59 Å². The van der Waals surface area contributed by atoms with Crippen LogP contribution < -0.4 is 10.2 Å². The van der Waals surface area contributed by atoms with Gasteiger partial charge in [-0.25, -0.2) is 0 Å². The number of nitrogens with zero attached hydrogens (tertiary/aromatic N) is 5. The molecule has 0 spiro atoms. The normalized spacial score (nSPS) is 13.4. The van der Waals surface area contributed by atoms with Crippen LogP contribution in [-0.2, 0) is 22.4 Å². The number of nitrogens with one attached hydrogen (secondary N) is 1. The van der Waals surface area contributed by atoms with Gasteiger partial charge in [-0.15, -0.1) is 5.10 Å². The van der Waals surface area contributed by atoms with Crippen LogP contribution >= 0.6 is 0 Å². The summed E-state index contributed by atoms with van der Waals surface area (Å²) in [5.41, 5.74) is 4.04. The van der Waals surface area contributed by atoms with Crippen LogP contribution in [0, 0.1) is 0 Å². The SMILES string of the molecule is O=C1CC(=O)N(c2ccc(-n3nnnc3CCCc3ccccc3)cc2)c2ccc3ccccc3c2N1. The molecule has 0 saturated heterocycles. The molecule has 0 aliphatic carbocycles. The molecule has 0 fully saturated rings. The monoisotopic (exact) mass is 488 g/mol. The summed E-state index contributed by atoms with van der Waals surface area (Å²) in [6.07, 6.45) is 2.38. The number of aromatic nitrogens is 4. The number of tetrazole rings is 1. The zero-order valence-electron chi connectivity index (χ0n) is 20.0. The van der Waals surface area contributed by atoms with Crippen LogP contribution in [-0.4, -0.2) is 32.0 Å². The molecule has 1 aliphatic heterocycles. The Bertz CT molecular complexity index is 1590. The summed E-state index contributed by atoms with van der Waals surface area (Å²) in [6.45, 7) is 0. The molecule has 1 aliphatic rings. The van der Waals surface area contributed by atoms with Crippen molar-refractivity contribution in [2.45, 2.75) is 25.7 Å². The lowest BCUT2D eigenvalue weighted by Crippen LogP contribution is -2.26. The molecule has 182 valence electrons. The fourth-order valence-corrected chi connectivity index (χ4v) is 4.80. The topological polar surface area (TPSA) is 93.0 Å². The van der Waals surface area contributed by atoms with E-state index in [1.807, 2.05) is 78.9 Å². The number of fused-ring (bicyclic) bond motifs is 3. The average Bonchev–Trinajstić information content (AvgIpc) is 3.34. The van der Waals surface area contributed by atoms with Crippen LogP contribution in [0.1, 0.15) is 24.2 Å². The predicted molar refractivity (Wildman–Crippen MR) is 142 cm³/mol. The van der Waals surface area contributed by atoms with Crippen molar-refractivity contribution in [1.29, 1.82) is 0 Å². The van der Waals surface area contributed by atoms with E-state index in [2.05, 4.69) is 33.0 Å². The zero-order valence-corrected chi connectivity index (χ0v) is 20.0. The summed E-state index contributed by atoms with van der Waals surface area (Å²) in [6, 6.07) is 29.5. The van der Waals surface area contributed by atoms with E-state index in [1.165, 1.54) is 5.56 Å². The third-order valence-corrected chi connectivity index (χ3v) is 6.57. The minimum atomic E-state index is -0.324. The molecule has 8 heteroatoms. The second-order valence-corrected chi connectivity index (χ2v) is 9.00. The van der Waals surface area contributed by atoms with Crippen molar-refractivity contribution >= 4 is 39.6 Å². The van der Waals surface area contributed by atoms with Gasteiger partial charge in [0.2, 0.25) is 11.8 Å². The molecule has 1 N–H and O–H groups in total. The van der Waals surface area contributed by atoms with Crippen LogP contribution in [0.3, 0.4) is 0 Å². The number of carbonyl (C=O) groups excluding carboxylic acids is 2. The Morgan fingerprint density at radius 3 is 2.38 bits per heavy atom. The predicted octanol–water partition coefficient (Wildman–Crippen LogP) is 5.00. The zero-order chi connectivity index (χ0) is 25.2. The minimum Gasteiger partial charge on any atom is -0.323 e. The van der Waals surface area contributed by atoms with E-state index in [1.54, 1.807) is 9.58 Å².